The van der Waals surface area contributed by atoms with Crippen molar-refractivity contribution in [3.05, 3.63) is 70.6 Å². The number of rotatable bonds is 3. The van der Waals surface area contributed by atoms with Crippen LogP contribution in [-0.2, 0) is 7.05 Å². The number of aromatic nitrogens is 4. The smallest absolute Gasteiger partial charge is 0.256 e. The Balaban J connectivity index is 1.69. The van der Waals surface area contributed by atoms with Gasteiger partial charge in [-0.25, -0.2) is 4.68 Å². The van der Waals surface area contributed by atoms with E-state index in [0.717, 1.165) is 16.6 Å². The average Bonchev–Trinajstić information content (AvgIpc) is 3.27. The fourth-order valence-corrected chi connectivity index (χ4v) is 3.21. The first-order chi connectivity index (χ1) is 13.0. The Morgan fingerprint density at radius 3 is 2.78 bits per heavy atom. The summed E-state index contributed by atoms with van der Waals surface area (Å²) < 4.78 is 4.10. The highest BCUT2D eigenvalue weighted by molar-refractivity contribution is 9.10. The van der Waals surface area contributed by atoms with Gasteiger partial charge in [-0.05, 0) is 52.3 Å². The molecule has 7 nitrogen and oxygen atoms in total. The molecule has 2 aromatic heterocycles. The number of hydrogen-bond acceptors (Lipinski definition) is 4. The molecule has 2 aromatic carbocycles. The summed E-state index contributed by atoms with van der Waals surface area (Å²) in [7, 11) is 1.84. The number of nitrogens with one attached hydrogen (secondary N) is 1. The van der Waals surface area contributed by atoms with Crippen molar-refractivity contribution in [2.24, 2.45) is 7.05 Å². The molecule has 27 heavy (non-hydrogen) atoms. The molecule has 4 rings (SSSR count). The normalized spacial score (nSPS) is 10.7. The largest absolute Gasteiger partial charge is 0.322 e. The van der Waals surface area contributed by atoms with Crippen LogP contribution < -0.4 is 5.32 Å². The molecule has 0 bridgehead atoms. The van der Waals surface area contributed by atoms with Crippen molar-refractivity contribution in [3.63, 3.8) is 0 Å². The summed E-state index contributed by atoms with van der Waals surface area (Å²) in [6, 6.07) is 12.5. The SMILES string of the molecule is Cn1cc(-n2ncc3ccc(NC(=O)c4cc(C#N)ccc4Br)cc32)cn1. The van der Waals surface area contributed by atoms with E-state index in [2.05, 4.69) is 31.4 Å². The van der Waals surface area contributed by atoms with Gasteiger partial charge >= 0.3 is 0 Å². The van der Waals surface area contributed by atoms with E-state index in [1.165, 1.54) is 0 Å². The van der Waals surface area contributed by atoms with E-state index in [1.807, 2.05) is 37.5 Å². The summed E-state index contributed by atoms with van der Waals surface area (Å²) in [6.07, 6.45) is 5.35. The van der Waals surface area contributed by atoms with Crippen LogP contribution in [0.15, 0.2) is 59.5 Å². The zero-order valence-corrected chi connectivity index (χ0v) is 15.8. The fourth-order valence-electron chi connectivity index (χ4n) is 2.79. The molecule has 0 saturated carbocycles. The molecule has 4 aromatic rings. The third kappa shape index (κ3) is 3.20. The van der Waals surface area contributed by atoms with Crippen LogP contribution in [0.1, 0.15) is 15.9 Å². The number of nitriles is 1. The van der Waals surface area contributed by atoms with E-state index < -0.39 is 0 Å². The Labute approximate surface area is 163 Å². The van der Waals surface area contributed by atoms with Gasteiger partial charge in [0.25, 0.3) is 5.91 Å². The lowest BCUT2D eigenvalue weighted by molar-refractivity contribution is 0.102. The third-order valence-electron chi connectivity index (χ3n) is 4.10. The Morgan fingerprint density at radius 2 is 2.04 bits per heavy atom. The molecule has 0 aliphatic heterocycles. The summed E-state index contributed by atoms with van der Waals surface area (Å²) in [5.74, 6) is -0.300. The van der Waals surface area contributed by atoms with Crippen LogP contribution in [0.2, 0.25) is 0 Å². The van der Waals surface area contributed by atoms with E-state index in [0.29, 0.717) is 21.3 Å². The average molecular weight is 421 g/mol. The lowest BCUT2D eigenvalue weighted by atomic mass is 10.1. The molecule has 0 saturated heterocycles. The quantitative estimate of drug-likeness (QED) is 0.547. The lowest BCUT2D eigenvalue weighted by Crippen LogP contribution is -2.13. The molecule has 1 amide bonds. The zero-order chi connectivity index (χ0) is 19.0. The molecule has 0 atom stereocenters. The lowest BCUT2D eigenvalue weighted by Gasteiger charge is -2.08. The summed E-state index contributed by atoms with van der Waals surface area (Å²) in [5, 5.41) is 21.4. The van der Waals surface area contributed by atoms with Crippen molar-refractivity contribution in [1.29, 1.82) is 5.26 Å². The van der Waals surface area contributed by atoms with Crippen molar-refractivity contribution in [1.82, 2.24) is 19.6 Å². The summed E-state index contributed by atoms with van der Waals surface area (Å²) >= 11 is 3.36. The number of nitrogens with zero attached hydrogens (tertiary/aromatic N) is 5. The van der Waals surface area contributed by atoms with E-state index in [4.69, 9.17) is 5.26 Å². The van der Waals surface area contributed by atoms with Gasteiger partial charge < -0.3 is 5.32 Å². The Bertz CT molecular complexity index is 1220. The van der Waals surface area contributed by atoms with Crippen LogP contribution >= 0.6 is 15.9 Å². The minimum absolute atomic E-state index is 0.300. The topological polar surface area (TPSA) is 88.5 Å². The number of carbonyl (C=O) groups is 1. The van der Waals surface area contributed by atoms with Gasteiger partial charge in [0.05, 0.1) is 41.3 Å². The van der Waals surface area contributed by atoms with Crippen LogP contribution in [0.3, 0.4) is 0 Å². The number of amides is 1. The van der Waals surface area contributed by atoms with Crippen LogP contribution in [0.5, 0.6) is 0 Å². The van der Waals surface area contributed by atoms with Gasteiger partial charge in [-0.1, -0.05) is 0 Å². The van der Waals surface area contributed by atoms with Crippen LogP contribution in [0.25, 0.3) is 16.6 Å². The number of halogens is 1. The van der Waals surface area contributed by atoms with Crippen LogP contribution in [-0.4, -0.2) is 25.5 Å². The molecule has 0 aliphatic rings. The molecule has 0 unspecified atom stereocenters. The van der Waals surface area contributed by atoms with Gasteiger partial charge in [0.15, 0.2) is 0 Å². The van der Waals surface area contributed by atoms with Crippen molar-refractivity contribution in [3.8, 4) is 11.8 Å². The second kappa shape index (κ2) is 6.70. The minimum Gasteiger partial charge on any atom is -0.322 e. The zero-order valence-electron chi connectivity index (χ0n) is 14.2. The Hall–Kier alpha value is -3.44. The van der Waals surface area contributed by atoms with Gasteiger partial charge in [0, 0.05) is 22.6 Å². The first kappa shape index (κ1) is 17.0. The molecule has 0 spiro atoms. The standard InChI is InChI=1S/C19H13BrN6O/c1-25-11-15(10-22-25)26-18-7-14(4-3-13(18)9-23-26)24-19(27)16-6-12(8-21)2-5-17(16)20/h2-7,9-11H,1H3,(H,24,27). The van der Waals surface area contributed by atoms with E-state index in [9.17, 15) is 4.79 Å². The summed E-state index contributed by atoms with van der Waals surface area (Å²) in [4.78, 5) is 12.6. The highest BCUT2D eigenvalue weighted by Crippen LogP contribution is 2.24. The monoisotopic (exact) mass is 420 g/mol. The van der Waals surface area contributed by atoms with E-state index in [-0.39, 0.29) is 5.91 Å². The first-order valence-electron chi connectivity index (χ1n) is 8.03. The molecule has 1 N–H and O–H groups in total. The number of carbonyl (C=O) groups excluding carboxylic acids is 1. The third-order valence-corrected chi connectivity index (χ3v) is 4.80. The molecule has 8 heteroatoms. The number of anilines is 1. The van der Waals surface area contributed by atoms with Crippen molar-refractivity contribution in [2.45, 2.75) is 0 Å². The second-order valence-corrected chi connectivity index (χ2v) is 6.82. The molecule has 0 fully saturated rings. The maximum atomic E-state index is 12.6. The summed E-state index contributed by atoms with van der Waals surface area (Å²) in [6.45, 7) is 0. The van der Waals surface area contributed by atoms with Gasteiger partial charge in [-0.2, -0.15) is 15.5 Å². The van der Waals surface area contributed by atoms with Gasteiger partial charge in [-0.15, -0.1) is 0 Å². The molecule has 0 radical (unpaired) electrons. The van der Waals surface area contributed by atoms with Crippen LogP contribution in [0, 0.1) is 11.3 Å². The highest BCUT2D eigenvalue weighted by atomic mass is 79.9. The number of fused-ring (bicyclic) bond motifs is 1. The van der Waals surface area contributed by atoms with Gasteiger partial charge in [0.1, 0.15) is 5.69 Å². The first-order valence-corrected chi connectivity index (χ1v) is 8.82. The predicted octanol–water partition coefficient (Wildman–Crippen LogP) is 3.65. The highest BCUT2D eigenvalue weighted by Gasteiger charge is 2.13. The van der Waals surface area contributed by atoms with Crippen LogP contribution in [0.4, 0.5) is 5.69 Å². The second-order valence-electron chi connectivity index (χ2n) is 5.96. The van der Waals surface area contributed by atoms with E-state index in [1.54, 1.807) is 40.0 Å². The van der Waals surface area contributed by atoms with Crippen molar-refractivity contribution < 1.29 is 4.79 Å². The molecular formula is C19H13BrN6O. The predicted molar refractivity (Wildman–Crippen MR) is 105 cm³/mol. The number of hydrogen-bond donors (Lipinski definition) is 1. The minimum atomic E-state index is -0.300. The maximum absolute atomic E-state index is 12.6. The molecule has 2 heterocycles. The summed E-state index contributed by atoms with van der Waals surface area (Å²) in [5.41, 5.74) is 3.14. The molecule has 0 aliphatic carbocycles. The van der Waals surface area contributed by atoms with E-state index >= 15 is 0 Å². The van der Waals surface area contributed by atoms with Gasteiger partial charge in [0.2, 0.25) is 0 Å². The van der Waals surface area contributed by atoms with Crippen molar-refractivity contribution >= 4 is 38.4 Å². The Morgan fingerprint density at radius 1 is 1.19 bits per heavy atom. The van der Waals surface area contributed by atoms with Gasteiger partial charge in [-0.3, -0.25) is 9.48 Å². The Kier molecular flexibility index (Phi) is 4.22. The number of benzene rings is 2. The van der Waals surface area contributed by atoms with Crippen molar-refractivity contribution in [2.75, 3.05) is 5.32 Å². The number of aryl methyl sites for hydroxylation is 1. The molecule has 132 valence electrons. The maximum Gasteiger partial charge on any atom is 0.256 e. The molecular weight excluding hydrogens is 408 g/mol. The fraction of sp³-hybridized carbons (Fsp3) is 0.0526.